The van der Waals surface area contributed by atoms with Crippen LogP contribution >= 0.6 is 0 Å². The first-order valence-corrected chi connectivity index (χ1v) is 10.4. The number of aromatic hydroxyl groups is 1. The molecule has 0 radical (unpaired) electrons. The predicted octanol–water partition coefficient (Wildman–Crippen LogP) is 1.37. The number of rotatable bonds is 7. The molecule has 2 aliphatic heterocycles. The number of fused-ring (bicyclic) bond motifs is 1. The van der Waals surface area contributed by atoms with Crippen molar-refractivity contribution in [3.8, 4) is 11.5 Å². The number of phenols is 1. The second-order valence-electron chi connectivity index (χ2n) is 7.63. The van der Waals surface area contributed by atoms with E-state index in [9.17, 15) is 24.3 Å². The van der Waals surface area contributed by atoms with E-state index in [4.69, 9.17) is 4.74 Å². The van der Waals surface area contributed by atoms with Crippen LogP contribution in [0.15, 0.2) is 48.7 Å². The van der Waals surface area contributed by atoms with Gasteiger partial charge in [-0.3, -0.25) is 25.0 Å². The van der Waals surface area contributed by atoms with Gasteiger partial charge in [0.05, 0.1) is 12.7 Å². The zero-order chi connectivity index (χ0) is 24.2. The first-order chi connectivity index (χ1) is 16.4. The largest absolute Gasteiger partial charge is 0.504 e. The summed E-state index contributed by atoms with van der Waals surface area (Å²) in [6.07, 6.45) is 4.91. The van der Waals surface area contributed by atoms with E-state index in [0.29, 0.717) is 29.0 Å². The Hall–Kier alpha value is -4.60. The third-order valence-corrected chi connectivity index (χ3v) is 5.37. The Morgan fingerprint density at radius 3 is 2.65 bits per heavy atom. The van der Waals surface area contributed by atoms with Crippen molar-refractivity contribution < 1.29 is 29.0 Å². The van der Waals surface area contributed by atoms with Gasteiger partial charge in [-0.15, -0.1) is 0 Å². The fraction of sp³-hybridized carbons (Fsp3) is 0.167. The molecule has 2 heterocycles. The van der Waals surface area contributed by atoms with Crippen LogP contribution < -0.4 is 20.7 Å². The second-order valence-corrected chi connectivity index (χ2v) is 7.63. The van der Waals surface area contributed by atoms with Gasteiger partial charge in [0.15, 0.2) is 11.5 Å². The first-order valence-electron chi connectivity index (χ1n) is 10.4. The van der Waals surface area contributed by atoms with Gasteiger partial charge < -0.3 is 20.1 Å². The number of urea groups is 1. The highest BCUT2D eigenvalue weighted by atomic mass is 16.5. The quantitative estimate of drug-likeness (QED) is 0.277. The van der Waals surface area contributed by atoms with Crippen molar-refractivity contribution in [2.24, 2.45) is 0 Å². The predicted molar refractivity (Wildman–Crippen MR) is 123 cm³/mol. The molecule has 4 N–H and O–H groups in total. The maximum Gasteiger partial charge on any atom is 0.324 e. The van der Waals surface area contributed by atoms with E-state index in [1.807, 2.05) is 0 Å². The zero-order valence-corrected chi connectivity index (χ0v) is 18.3. The minimum atomic E-state index is -0.548. The lowest BCUT2D eigenvalue weighted by Crippen LogP contribution is -2.37. The Kier molecular flexibility index (Phi) is 6.30. The number of benzene rings is 2. The number of phenolic OH excluding ortho intramolecular Hbond substituents is 1. The summed E-state index contributed by atoms with van der Waals surface area (Å²) >= 11 is 0. The summed E-state index contributed by atoms with van der Waals surface area (Å²) in [6.45, 7) is 0.486. The molecule has 0 aliphatic carbocycles. The summed E-state index contributed by atoms with van der Waals surface area (Å²) in [4.78, 5) is 49.4. The number of carbonyl (C=O) groups is 4. The molecule has 0 atom stereocenters. The topological polar surface area (TPSA) is 137 Å². The Morgan fingerprint density at radius 1 is 1.12 bits per heavy atom. The molecule has 1 fully saturated rings. The van der Waals surface area contributed by atoms with Crippen LogP contribution in [0.5, 0.6) is 11.5 Å². The number of ether oxygens (including phenoxy) is 1. The molecule has 0 unspecified atom stereocenters. The van der Waals surface area contributed by atoms with Crippen LogP contribution in [-0.2, 0) is 16.1 Å². The highest BCUT2D eigenvalue weighted by molar-refractivity contribution is 6.31. The van der Waals surface area contributed by atoms with Gasteiger partial charge in [0, 0.05) is 30.4 Å². The number of nitrogens with zero attached hydrogens (tertiary/aromatic N) is 1. The minimum Gasteiger partial charge on any atom is -0.504 e. The van der Waals surface area contributed by atoms with E-state index in [0.717, 1.165) is 5.56 Å². The Balaban J connectivity index is 1.57. The van der Waals surface area contributed by atoms with Gasteiger partial charge in [-0.05, 0) is 29.3 Å². The van der Waals surface area contributed by atoms with E-state index >= 15 is 0 Å². The van der Waals surface area contributed by atoms with Crippen LogP contribution in [0, 0.1) is 0 Å². The highest BCUT2D eigenvalue weighted by Gasteiger charge is 2.29. The van der Waals surface area contributed by atoms with Gasteiger partial charge in [-0.25, -0.2) is 4.79 Å². The maximum absolute atomic E-state index is 12.6. The number of carbonyl (C=O) groups excluding carboxylic acids is 4. The van der Waals surface area contributed by atoms with Crippen molar-refractivity contribution in [1.82, 2.24) is 20.9 Å². The fourth-order valence-electron chi connectivity index (χ4n) is 3.74. The van der Waals surface area contributed by atoms with Gasteiger partial charge in [0.2, 0.25) is 5.91 Å². The van der Waals surface area contributed by atoms with Gasteiger partial charge in [0.1, 0.15) is 6.54 Å². The second kappa shape index (κ2) is 9.49. The molecule has 0 spiro atoms. The number of amides is 5. The molecule has 34 heavy (non-hydrogen) atoms. The Bertz CT molecular complexity index is 1250. The van der Waals surface area contributed by atoms with Gasteiger partial charge >= 0.3 is 6.03 Å². The van der Waals surface area contributed by atoms with Crippen molar-refractivity contribution in [2.75, 3.05) is 20.2 Å². The summed E-state index contributed by atoms with van der Waals surface area (Å²) in [7, 11) is 1.46. The monoisotopic (exact) mass is 462 g/mol. The van der Waals surface area contributed by atoms with Crippen molar-refractivity contribution in [3.63, 3.8) is 0 Å². The van der Waals surface area contributed by atoms with Crippen LogP contribution in [-0.4, -0.2) is 54.0 Å². The van der Waals surface area contributed by atoms with Crippen molar-refractivity contribution in [3.05, 3.63) is 70.9 Å². The molecule has 0 aromatic heterocycles. The Morgan fingerprint density at radius 2 is 1.94 bits per heavy atom. The molecular formula is C24H22N4O6. The average molecular weight is 462 g/mol. The van der Waals surface area contributed by atoms with E-state index in [2.05, 4.69) is 16.0 Å². The van der Waals surface area contributed by atoms with Crippen molar-refractivity contribution in [1.29, 1.82) is 0 Å². The van der Waals surface area contributed by atoms with E-state index < -0.39 is 17.8 Å². The van der Waals surface area contributed by atoms with E-state index in [1.165, 1.54) is 18.2 Å². The molecule has 1 saturated heterocycles. The van der Waals surface area contributed by atoms with Gasteiger partial charge in [-0.1, -0.05) is 30.4 Å². The number of hydrogen-bond donors (Lipinski definition) is 4. The summed E-state index contributed by atoms with van der Waals surface area (Å²) in [5.74, 6) is -1.06. The molecule has 0 saturated carbocycles. The van der Waals surface area contributed by atoms with Crippen LogP contribution in [0.1, 0.15) is 27.0 Å². The Labute approximate surface area is 194 Å². The summed E-state index contributed by atoms with van der Waals surface area (Å²) < 4.78 is 5.04. The molecule has 10 nitrogen and oxygen atoms in total. The normalized spacial score (nSPS) is 16.6. The van der Waals surface area contributed by atoms with E-state index in [1.54, 1.807) is 48.6 Å². The molecule has 10 heteroatoms. The summed E-state index contributed by atoms with van der Waals surface area (Å²) in [6, 6.07) is 9.57. The van der Waals surface area contributed by atoms with Crippen LogP contribution in [0.3, 0.4) is 0 Å². The summed E-state index contributed by atoms with van der Waals surface area (Å²) in [5.41, 5.74) is 2.43. The van der Waals surface area contributed by atoms with Crippen molar-refractivity contribution in [2.45, 2.75) is 6.54 Å². The molecule has 174 valence electrons. The number of hydrogen-bond acceptors (Lipinski definition) is 7. The highest BCUT2D eigenvalue weighted by Crippen LogP contribution is 2.29. The molecule has 2 aromatic carbocycles. The third-order valence-electron chi connectivity index (χ3n) is 5.37. The summed E-state index contributed by atoms with van der Waals surface area (Å²) in [5, 5.41) is 17.5. The lowest BCUT2D eigenvalue weighted by Gasteiger charge is -2.20. The van der Waals surface area contributed by atoms with Gasteiger partial charge in [0.25, 0.3) is 11.8 Å². The molecule has 5 amide bonds. The lowest BCUT2D eigenvalue weighted by molar-refractivity contribution is -0.118. The maximum atomic E-state index is 12.6. The number of imide groups is 2. The molecular weight excluding hydrogens is 440 g/mol. The SMILES string of the molecule is COc1ccc(CNC=C2C(=O)NC(=O)c3cccc(C=CCN4CC(=O)NC4=O)c32)cc1O. The third kappa shape index (κ3) is 4.60. The van der Waals surface area contributed by atoms with Crippen LogP contribution in [0.2, 0.25) is 0 Å². The molecule has 4 rings (SSSR count). The number of methoxy groups -OCH3 is 1. The van der Waals surface area contributed by atoms with Crippen LogP contribution in [0.4, 0.5) is 4.79 Å². The molecule has 2 aliphatic rings. The lowest BCUT2D eigenvalue weighted by atomic mass is 9.90. The fourth-order valence-corrected chi connectivity index (χ4v) is 3.74. The average Bonchev–Trinajstić information content (AvgIpc) is 3.13. The first kappa shape index (κ1) is 22.6. The van der Waals surface area contributed by atoms with Crippen LogP contribution in [0.25, 0.3) is 11.6 Å². The molecule has 0 bridgehead atoms. The molecule has 2 aromatic rings. The van der Waals surface area contributed by atoms with Crippen molar-refractivity contribution >= 4 is 35.4 Å². The van der Waals surface area contributed by atoms with E-state index in [-0.39, 0.29) is 30.3 Å². The standard InChI is InChI=1S/C24H22N4O6/c1-34-19-8-7-14(10-18(19)29)11-25-12-17-21-15(4-2-6-16(21)22(31)27-23(17)32)5-3-9-28-13-20(30)26-24(28)33/h2-8,10,12,25,29H,9,11,13H2,1H3,(H,26,30,33)(H,27,31,32). The minimum absolute atomic E-state index is 0.00149. The zero-order valence-electron chi connectivity index (χ0n) is 18.3. The van der Waals surface area contributed by atoms with Gasteiger partial charge in [-0.2, -0.15) is 0 Å². The number of nitrogens with one attached hydrogen (secondary N) is 3. The smallest absolute Gasteiger partial charge is 0.324 e.